The molecule has 1 rings (SSSR count). The van der Waals surface area contributed by atoms with Crippen LogP contribution in [0, 0.1) is 6.92 Å². The van der Waals surface area contributed by atoms with Crippen molar-refractivity contribution in [3.63, 3.8) is 0 Å². The van der Waals surface area contributed by atoms with Crippen molar-refractivity contribution in [3.05, 3.63) is 23.8 Å². The van der Waals surface area contributed by atoms with Crippen LogP contribution in [0.15, 0.2) is 18.2 Å². The molecular formula is C12H18N2O. The summed E-state index contributed by atoms with van der Waals surface area (Å²) < 4.78 is 0. The van der Waals surface area contributed by atoms with Crippen LogP contribution < -0.4 is 11.1 Å². The van der Waals surface area contributed by atoms with Crippen LogP contribution in [0.25, 0.3) is 0 Å². The van der Waals surface area contributed by atoms with Gasteiger partial charge in [0.15, 0.2) is 0 Å². The molecule has 0 saturated heterocycles. The third-order valence-electron chi connectivity index (χ3n) is 2.31. The summed E-state index contributed by atoms with van der Waals surface area (Å²) >= 11 is 0. The SMILES string of the molecule is CCCCC(=O)Nc1ccc(N)c(C)c1. The molecule has 3 nitrogen and oxygen atoms in total. The fourth-order valence-electron chi connectivity index (χ4n) is 1.31. The number of hydrogen-bond donors (Lipinski definition) is 2. The summed E-state index contributed by atoms with van der Waals surface area (Å²) in [6, 6.07) is 5.52. The topological polar surface area (TPSA) is 55.1 Å². The fraction of sp³-hybridized carbons (Fsp3) is 0.417. The highest BCUT2D eigenvalue weighted by atomic mass is 16.1. The number of benzene rings is 1. The highest BCUT2D eigenvalue weighted by Gasteiger charge is 2.02. The molecular weight excluding hydrogens is 188 g/mol. The minimum atomic E-state index is 0.0704. The van der Waals surface area contributed by atoms with E-state index in [9.17, 15) is 4.79 Å². The third kappa shape index (κ3) is 3.62. The maximum Gasteiger partial charge on any atom is 0.224 e. The van der Waals surface area contributed by atoms with Gasteiger partial charge in [-0.05, 0) is 37.1 Å². The highest BCUT2D eigenvalue weighted by molar-refractivity contribution is 5.91. The maximum absolute atomic E-state index is 11.4. The van der Waals surface area contributed by atoms with E-state index in [0.29, 0.717) is 6.42 Å². The van der Waals surface area contributed by atoms with E-state index in [1.807, 2.05) is 25.1 Å². The molecule has 0 aliphatic heterocycles. The van der Waals surface area contributed by atoms with E-state index >= 15 is 0 Å². The monoisotopic (exact) mass is 206 g/mol. The van der Waals surface area contributed by atoms with Gasteiger partial charge in [0.1, 0.15) is 0 Å². The number of nitrogens with one attached hydrogen (secondary N) is 1. The number of amides is 1. The summed E-state index contributed by atoms with van der Waals surface area (Å²) in [6.45, 7) is 4.00. The highest BCUT2D eigenvalue weighted by Crippen LogP contribution is 2.16. The Kier molecular flexibility index (Phi) is 4.16. The number of carbonyl (C=O) groups is 1. The van der Waals surface area contributed by atoms with Gasteiger partial charge >= 0.3 is 0 Å². The summed E-state index contributed by atoms with van der Waals surface area (Å²) in [7, 11) is 0. The number of rotatable bonds is 4. The van der Waals surface area contributed by atoms with E-state index in [0.717, 1.165) is 29.8 Å². The Morgan fingerprint density at radius 1 is 1.47 bits per heavy atom. The molecule has 3 heteroatoms. The number of aryl methyl sites for hydroxylation is 1. The lowest BCUT2D eigenvalue weighted by molar-refractivity contribution is -0.116. The van der Waals surface area contributed by atoms with Crippen LogP contribution in [-0.4, -0.2) is 5.91 Å². The number of anilines is 2. The molecule has 0 radical (unpaired) electrons. The van der Waals surface area contributed by atoms with Crippen molar-refractivity contribution in [3.8, 4) is 0 Å². The van der Waals surface area contributed by atoms with Gasteiger partial charge in [0.05, 0.1) is 0 Å². The summed E-state index contributed by atoms with van der Waals surface area (Å²) in [5.74, 6) is 0.0704. The van der Waals surface area contributed by atoms with Gasteiger partial charge in [-0.1, -0.05) is 13.3 Å². The number of nitrogens with two attached hydrogens (primary N) is 1. The second-order valence-corrected chi connectivity index (χ2v) is 3.72. The molecule has 1 aromatic carbocycles. The van der Waals surface area contributed by atoms with E-state index in [4.69, 9.17) is 5.73 Å². The van der Waals surface area contributed by atoms with Gasteiger partial charge in [0, 0.05) is 17.8 Å². The van der Waals surface area contributed by atoms with Gasteiger partial charge in [-0.25, -0.2) is 0 Å². The second kappa shape index (κ2) is 5.39. The normalized spacial score (nSPS) is 10.0. The first-order valence-electron chi connectivity index (χ1n) is 5.29. The molecule has 0 bridgehead atoms. The third-order valence-corrected chi connectivity index (χ3v) is 2.31. The van der Waals surface area contributed by atoms with Crippen molar-refractivity contribution in [2.24, 2.45) is 0 Å². The van der Waals surface area contributed by atoms with Crippen molar-refractivity contribution in [2.75, 3.05) is 11.1 Å². The first kappa shape index (κ1) is 11.6. The second-order valence-electron chi connectivity index (χ2n) is 3.72. The van der Waals surface area contributed by atoms with Gasteiger partial charge in [-0.3, -0.25) is 4.79 Å². The maximum atomic E-state index is 11.4. The number of unbranched alkanes of at least 4 members (excludes halogenated alkanes) is 1. The van der Waals surface area contributed by atoms with Gasteiger partial charge in [0.25, 0.3) is 0 Å². The van der Waals surface area contributed by atoms with Crippen LogP contribution in [-0.2, 0) is 4.79 Å². The van der Waals surface area contributed by atoms with Crippen molar-refractivity contribution < 1.29 is 4.79 Å². The molecule has 0 saturated carbocycles. The number of nitrogen functional groups attached to an aromatic ring is 1. The van der Waals surface area contributed by atoms with Crippen LogP contribution in [0.2, 0.25) is 0 Å². The molecule has 82 valence electrons. The molecule has 0 fully saturated rings. The molecule has 1 amide bonds. The predicted molar refractivity (Wildman–Crippen MR) is 63.7 cm³/mol. The Labute approximate surface area is 90.7 Å². The van der Waals surface area contributed by atoms with Crippen molar-refractivity contribution in [1.29, 1.82) is 0 Å². The molecule has 0 heterocycles. The zero-order valence-electron chi connectivity index (χ0n) is 9.34. The van der Waals surface area contributed by atoms with Crippen molar-refractivity contribution in [2.45, 2.75) is 33.1 Å². The molecule has 0 spiro atoms. The molecule has 0 atom stereocenters. The Hall–Kier alpha value is -1.51. The van der Waals surface area contributed by atoms with Gasteiger partial charge in [-0.15, -0.1) is 0 Å². The molecule has 0 unspecified atom stereocenters. The van der Waals surface area contributed by atoms with Crippen molar-refractivity contribution >= 4 is 17.3 Å². The average molecular weight is 206 g/mol. The van der Waals surface area contributed by atoms with Gasteiger partial charge < -0.3 is 11.1 Å². The average Bonchev–Trinajstić information content (AvgIpc) is 2.20. The van der Waals surface area contributed by atoms with Crippen LogP contribution in [0.1, 0.15) is 31.7 Å². The van der Waals surface area contributed by atoms with E-state index in [1.54, 1.807) is 0 Å². The Morgan fingerprint density at radius 2 is 2.20 bits per heavy atom. The van der Waals surface area contributed by atoms with Crippen LogP contribution in [0.5, 0.6) is 0 Å². The predicted octanol–water partition coefficient (Wildman–Crippen LogP) is 2.71. The standard InChI is InChI=1S/C12H18N2O/c1-3-4-5-12(15)14-10-6-7-11(13)9(2)8-10/h6-8H,3-5,13H2,1-2H3,(H,14,15). The lowest BCUT2D eigenvalue weighted by Gasteiger charge is -2.07. The quantitative estimate of drug-likeness (QED) is 0.744. The number of hydrogen-bond acceptors (Lipinski definition) is 2. The molecule has 1 aromatic rings. The van der Waals surface area contributed by atoms with Gasteiger partial charge in [0.2, 0.25) is 5.91 Å². The smallest absolute Gasteiger partial charge is 0.224 e. The summed E-state index contributed by atoms with van der Waals surface area (Å²) in [4.78, 5) is 11.4. The largest absolute Gasteiger partial charge is 0.399 e. The molecule has 0 aromatic heterocycles. The Balaban J connectivity index is 2.57. The molecule has 0 aliphatic carbocycles. The summed E-state index contributed by atoms with van der Waals surface area (Å²) in [6.07, 6.45) is 2.55. The first-order valence-corrected chi connectivity index (χ1v) is 5.29. The molecule has 3 N–H and O–H groups in total. The lowest BCUT2D eigenvalue weighted by atomic mass is 10.2. The minimum Gasteiger partial charge on any atom is -0.399 e. The molecule has 15 heavy (non-hydrogen) atoms. The zero-order valence-corrected chi connectivity index (χ0v) is 9.34. The summed E-state index contributed by atoms with van der Waals surface area (Å²) in [5, 5.41) is 2.85. The van der Waals surface area contributed by atoms with Crippen LogP contribution in [0.3, 0.4) is 0 Å². The summed E-state index contributed by atoms with van der Waals surface area (Å²) in [5.41, 5.74) is 8.25. The fourth-order valence-corrected chi connectivity index (χ4v) is 1.31. The van der Waals surface area contributed by atoms with Crippen molar-refractivity contribution in [1.82, 2.24) is 0 Å². The first-order chi connectivity index (χ1) is 7.13. The van der Waals surface area contributed by atoms with E-state index in [2.05, 4.69) is 12.2 Å². The van der Waals surface area contributed by atoms with E-state index in [-0.39, 0.29) is 5.91 Å². The Morgan fingerprint density at radius 3 is 2.80 bits per heavy atom. The van der Waals surface area contributed by atoms with Crippen LogP contribution >= 0.6 is 0 Å². The lowest BCUT2D eigenvalue weighted by Crippen LogP contribution is -2.11. The number of carbonyl (C=O) groups excluding carboxylic acids is 1. The van der Waals surface area contributed by atoms with E-state index < -0.39 is 0 Å². The van der Waals surface area contributed by atoms with E-state index in [1.165, 1.54) is 0 Å². The zero-order chi connectivity index (χ0) is 11.3. The van der Waals surface area contributed by atoms with Gasteiger partial charge in [-0.2, -0.15) is 0 Å². The Bertz CT molecular complexity index is 347. The molecule has 0 aliphatic rings. The minimum absolute atomic E-state index is 0.0704. The van der Waals surface area contributed by atoms with Crippen LogP contribution in [0.4, 0.5) is 11.4 Å².